The van der Waals surface area contributed by atoms with Crippen molar-refractivity contribution in [2.24, 2.45) is 34.3 Å². The van der Waals surface area contributed by atoms with Crippen molar-refractivity contribution in [3.8, 4) is 0 Å². The van der Waals surface area contributed by atoms with E-state index in [2.05, 4.69) is 16.0 Å². The second kappa shape index (κ2) is 8.49. The Morgan fingerprint density at radius 2 is 1.88 bits per heavy atom. The standard InChI is InChI=1S/C22H35N5O6/c1-21(2,3)15(26-20(32)33)19(31)27-9-11-13(22(11,4)5)14(27)18(30)25-12(16(23)28)8-10-6-7-24-17(10)29/h10-15,26H,6-9H2,1-5H3,(H2,23,28)(H,24,29)(H,25,30)(H,32,33)/t10-,11-,12-,13-,14-,15+/m0/s1. The molecule has 3 rings (SSSR count). The van der Waals surface area contributed by atoms with E-state index in [-0.39, 0.29) is 29.6 Å². The Morgan fingerprint density at radius 1 is 1.24 bits per heavy atom. The Morgan fingerprint density at radius 3 is 2.36 bits per heavy atom. The summed E-state index contributed by atoms with van der Waals surface area (Å²) in [6.45, 7) is 10.1. The SMILES string of the molecule is CC(C)(C)[C@H](NC(=O)O)C(=O)N1C[C@H]2[C@@H]([C@H]1C(=O)N[C@@H](C[C@@H]1CCNC1=O)C(N)=O)C2(C)C. The summed E-state index contributed by atoms with van der Waals surface area (Å²) < 4.78 is 0. The average Bonchev–Trinajstić information content (AvgIpc) is 3.06. The molecule has 0 aromatic heterocycles. The number of primary amides is 1. The lowest BCUT2D eigenvalue weighted by atomic mass is 9.85. The molecule has 1 saturated carbocycles. The van der Waals surface area contributed by atoms with Crippen molar-refractivity contribution < 1.29 is 29.1 Å². The van der Waals surface area contributed by atoms with Crippen molar-refractivity contribution in [3.05, 3.63) is 0 Å². The van der Waals surface area contributed by atoms with Crippen LogP contribution in [0.2, 0.25) is 0 Å². The fourth-order valence-electron chi connectivity index (χ4n) is 5.41. The van der Waals surface area contributed by atoms with E-state index >= 15 is 0 Å². The quantitative estimate of drug-likeness (QED) is 0.344. The zero-order chi connectivity index (χ0) is 24.9. The molecule has 33 heavy (non-hydrogen) atoms. The molecule has 0 aromatic carbocycles. The second-order valence-corrected chi connectivity index (χ2v) is 11.1. The van der Waals surface area contributed by atoms with E-state index in [0.717, 1.165) is 0 Å². The number of rotatable bonds is 7. The predicted octanol–water partition coefficient (Wildman–Crippen LogP) is -0.352. The molecule has 2 saturated heterocycles. The molecular weight excluding hydrogens is 430 g/mol. The van der Waals surface area contributed by atoms with Crippen LogP contribution in [0, 0.1) is 28.6 Å². The Bertz CT molecular complexity index is 866. The molecule has 6 N–H and O–H groups in total. The number of carboxylic acid groups (broad SMARTS) is 1. The summed E-state index contributed by atoms with van der Waals surface area (Å²) in [5, 5.41) is 16.9. The number of hydrogen-bond acceptors (Lipinski definition) is 5. The van der Waals surface area contributed by atoms with Gasteiger partial charge in [0.05, 0.1) is 0 Å². The summed E-state index contributed by atoms with van der Waals surface area (Å²) in [5.41, 5.74) is 4.64. The maximum atomic E-state index is 13.4. The van der Waals surface area contributed by atoms with E-state index < -0.39 is 53.3 Å². The summed E-state index contributed by atoms with van der Waals surface area (Å²) in [5.74, 6) is -2.34. The van der Waals surface area contributed by atoms with Crippen LogP contribution in [0.25, 0.3) is 0 Å². The fraction of sp³-hybridized carbons (Fsp3) is 0.773. The first kappa shape index (κ1) is 24.8. The topological polar surface area (TPSA) is 171 Å². The van der Waals surface area contributed by atoms with E-state index in [1.807, 2.05) is 13.8 Å². The van der Waals surface area contributed by atoms with Crippen molar-refractivity contribution in [2.45, 2.75) is 65.6 Å². The van der Waals surface area contributed by atoms with Gasteiger partial charge in [-0.3, -0.25) is 19.2 Å². The predicted molar refractivity (Wildman–Crippen MR) is 118 cm³/mol. The highest BCUT2D eigenvalue weighted by Crippen LogP contribution is 2.65. The third-order valence-electron chi connectivity index (χ3n) is 7.48. The zero-order valence-corrected chi connectivity index (χ0v) is 19.8. The summed E-state index contributed by atoms with van der Waals surface area (Å²) in [6, 6.07) is -2.93. The van der Waals surface area contributed by atoms with E-state index in [9.17, 15) is 29.1 Å². The van der Waals surface area contributed by atoms with Crippen LogP contribution < -0.4 is 21.7 Å². The fourth-order valence-corrected chi connectivity index (χ4v) is 5.41. The van der Waals surface area contributed by atoms with Crippen LogP contribution in [-0.4, -0.2) is 70.9 Å². The molecule has 3 aliphatic rings. The van der Waals surface area contributed by atoms with Gasteiger partial charge in [0.2, 0.25) is 23.6 Å². The molecule has 11 heteroatoms. The molecule has 3 fully saturated rings. The number of nitrogens with zero attached hydrogens (tertiary/aromatic N) is 1. The Balaban J connectivity index is 1.81. The van der Waals surface area contributed by atoms with Crippen molar-refractivity contribution in [1.82, 2.24) is 20.9 Å². The summed E-state index contributed by atoms with van der Waals surface area (Å²) in [4.78, 5) is 63.6. The minimum absolute atomic E-state index is 0.0929. The van der Waals surface area contributed by atoms with Gasteiger partial charge in [0.15, 0.2) is 0 Å². The van der Waals surface area contributed by atoms with Crippen LogP contribution in [0.15, 0.2) is 0 Å². The molecule has 11 nitrogen and oxygen atoms in total. The van der Waals surface area contributed by atoms with Crippen LogP contribution >= 0.6 is 0 Å². The van der Waals surface area contributed by atoms with Gasteiger partial charge in [-0.25, -0.2) is 4.79 Å². The van der Waals surface area contributed by atoms with Gasteiger partial charge in [0.1, 0.15) is 18.1 Å². The Labute approximate surface area is 193 Å². The monoisotopic (exact) mass is 465 g/mol. The Kier molecular flexibility index (Phi) is 6.38. The van der Waals surface area contributed by atoms with E-state index in [1.165, 1.54) is 4.90 Å². The van der Waals surface area contributed by atoms with Gasteiger partial charge >= 0.3 is 6.09 Å². The smallest absolute Gasteiger partial charge is 0.405 e. The van der Waals surface area contributed by atoms with Gasteiger partial charge in [0, 0.05) is 19.0 Å². The first-order valence-electron chi connectivity index (χ1n) is 11.3. The molecule has 0 bridgehead atoms. The number of amides is 5. The van der Waals surface area contributed by atoms with Gasteiger partial charge in [-0.05, 0) is 35.5 Å². The molecule has 2 heterocycles. The number of carbonyl (C=O) groups is 5. The molecule has 0 aromatic rings. The molecule has 0 radical (unpaired) electrons. The second-order valence-electron chi connectivity index (χ2n) is 11.1. The van der Waals surface area contributed by atoms with Gasteiger partial charge in [-0.1, -0.05) is 34.6 Å². The normalized spacial score (nSPS) is 29.5. The van der Waals surface area contributed by atoms with Crippen LogP contribution in [-0.2, 0) is 19.2 Å². The molecule has 6 atom stereocenters. The van der Waals surface area contributed by atoms with Gasteiger partial charge in [-0.15, -0.1) is 0 Å². The highest BCUT2D eigenvalue weighted by Gasteiger charge is 2.69. The number of piperidine rings is 1. The highest BCUT2D eigenvalue weighted by atomic mass is 16.4. The molecule has 5 amide bonds. The molecule has 1 aliphatic carbocycles. The van der Waals surface area contributed by atoms with E-state index in [1.54, 1.807) is 20.8 Å². The lowest BCUT2D eigenvalue weighted by Crippen LogP contribution is -2.60. The molecule has 2 aliphatic heterocycles. The minimum atomic E-state index is -1.32. The lowest BCUT2D eigenvalue weighted by molar-refractivity contribution is -0.144. The third kappa shape index (κ3) is 4.77. The number of hydrogen-bond donors (Lipinski definition) is 5. The molecular formula is C22H35N5O6. The number of fused-ring (bicyclic) bond motifs is 1. The zero-order valence-electron chi connectivity index (χ0n) is 19.8. The van der Waals surface area contributed by atoms with Crippen LogP contribution in [0.1, 0.15) is 47.5 Å². The minimum Gasteiger partial charge on any atom is -0.465 e. The van der Waals surface area contributed by atoms with Crippen LogP contribution in [0.3, 0.4) is 0 Å². The number of likely N-dealkylation sites (tertiary alicyclic amines) is 1. The van der Waals surface area contributed by atoms with Crippen molar-refractivity contribution >= 4 is 29.7 Å². The molecule has 0 unspecified atom stereocenters. The molecule has 0 spiro atoms. The summed E-state index contributed by atoms with van der Waals surface area (Å²) in [7, 11) is 0. The maximum absolute atomic E-state index is 13.4. The van der Waals surface area contributed by atoms with Crippen LogP contribution in [0.4, 0.5) is 4.79 Å². The highest BCUT2D eigenvalue weighted by molar-refractivity contribution is 5.95. The van der Waals surface area contributed by atoms with E-state index in [0.29, 0.717) is 19.5 Å². The van der Waals surface area contributed by atoms with Gasteiger partial charge < -0.3 is 31.7 Å². The maximum Gasteiger partial charge on any atom is 0.405 e. The number of nitrogens with one attached hydrogen (secondary N) is 3. The first-order valence-corrected chi connectivity index (χ1v) is 11.3. The van der Waals surface area contributed by atoms with Crippen molar-refractivity contribution in [3.63, 3.8) is 0 Å². The summed E-state index contributed by atoms with van der Waals surface area (Å²) >= 11 is 0. The van der Waals surface area contributed by atoms with Crippen molar-refractivity contribution in [2.75, 3.05) is 13.1 Å². The largest absolute Gasteiger partial charge is 0.465 e. The average molecular weight is 466 g/mol. The summed E-state index contributed by atoms with van der Waals surface area (Å²) in [6.07, 6.45) is -0.674. The van der Waals surface area contributed by atoms with Crippen LogP contribution in [0.5, 0.6) is 0 Å². The van der Waals surface area contributed by atoms with Crippen molar-refractivity contribution in [1.29, 1.82) is 0 Å². The third-order valence-corrected chi connectivity index (χ3v) is 7.48. The van der Waals surface area contributed by atoms with E-state index in [4.69, 9.17) is 5.73 Å². The number of nitrogens with two attached hydrogens (primary N) is 1. The molecule has 184 valence electrons. The van der Waals surface area contributed by atoms with Gasteiger partial charge in [-0.2, -0.15) is 0 Å². The lowest BCUT2D eigenvalue weighted by Gasteiger charge is -2.37. The number of carbonyl (C=O) groups excluding carboxylic acids is 4. The van der Waals surface area contributed by atoms with Gasteiger partial charge in [0.25, 0.3) is 0 Å². The first-order chi connectivity index (χ1) is 15.2. The Hall–Kier alpha value is -2.85.